The smallest absolute Gasteiger partial charge is 0.481 e. The summed E-state index contributed by atoms with van der Waals surface area (Å²) in [4.78, 5) is 51.4. The molecule has 1 aliphatic rings. The summed E-state index contributed by atoms with van der Waals surface area (Å²) in [6, 6.07) is 8.71. The second-order valence-corrected chi connectivity index (χ2v) is 13.3. The summed E-state index contributed by atoms with van der Waals surface area (Å²) in [6.45, 7) is 0.257. The molecule has 55 heavy (non-hydrogen) atoms. The second-order valence-electron chi connectivity index (χ2n) is 11.6. The number of carbonyl (C=O) groups is 4. The zero-order chi connectivity index (χ0) is 39.8. The minimum Gasteiger partial charge on any atom is -0.481 e. The van der Waals surface area contributed by atoms with Gasteiger partial charge in [-0.3, -0.25) is 14.4 Å². The third-order valence-corrected chi connectivity index (χ3v) is 9.20. The number of carboxylic acids is 1. The van der Waals surface area contributed by atoms with Crippen molar-refractivity contribution < 1.29 is 65.9 Å². The van der Waals surface area contributed by atoms with Gasteiger partial charge >= 0.3 is 24.1 Å². The first kappa shape index (κ1) is 42.0. The third-order valence-electron chi connectivity index (χ3n) is 7.76. The van der Waals surface area contributed by atoms with Crippen molar-refractivity contribution in [2.75, 3.05) is 26.6 Å². The Balaban J connectivity index is 1.41. The van der Waals surface area contributed by atoms with Gasteiger partial charge in [-0.15, -0.1) is 11.8 Å². The van der Waals surface area contributed by atoms with Crippen LogP contribution in [0.25, 0.3) is 6.08 Å². The fraction of sp³-hybridized carbons (Fsp3) is 0.361. The van der Waals surface area contributed by atoms with Crippen LogP contribution in [0, 0.1) is 28.8 Å². The summed E-state index contributed by atoms with van der Waals surface area (Å²) in [7, 11) is 0. The van der Waals surface area contributed by atoms with E-state index in [1.165, 1.54) is 47.3 Å². The zero-order valence-corrected chi connectivity index (χ0v) is 30.0. The molecule has 1 aliphatic heterocycles. The van der Waals surface area contributed by atoms with Crippen LogP contribution in [0.4, 0.5) is 18.0 Å². The van der Waals surface area contributed by atoms with E-state index in [0.29, 0.717) is 6.07 Å². The Labute approximate surface area is 316 Å². The molecule has 3 aromatic rings. The third kappa shape index (κ3) is 13.0. The predicted octanol–water partition coefficient (Wildman–Crippen LogP) is 5.05. The van der Waals surface area contributed by atoms with Crippen LogP contribution in [0.5, 0.6) is 0 Å². The fourth-order valence-corrected chi connectivity index (χ4v) is 6.41. The Morgan fingerprint density at radius 1 is 1.04 bits per heavy atom. The highest BCUT2D eigenvalue weighted by Gasteiger charge is 2.47. The largest absolute Gasteiger partial charge is 0.512 e. The van der Waals surface area contributed by atoms with Crippen LogP contribution in [0.3, 0.4) is 0 Å². The van der Waals surface area contributed by atoms with Crippen LogP contribution >= 0.6 is 11.8 Å². The summed E-state index contributed by atoms with van der Waals surface area (Å²) in [5, 5.41) is 20.4. The highest BCUT2D eigenvalue weighted by molar-refractivity contribution is 8.00. The van der Waals surface area contributed by atoms with Gasteiger partial charge in [0.05, 0.1) is 55.9 Å². The van der Waals surface area contributed by atoms with Gasteiger partial charge in [0, 0.05) is 22.4 Å². The molecule has 0 saturated carbocycles. The zero-order valence-electron chi connectivity index (χ0n) is 29.2. The fourth-order valence-electron chi connectivity index (χ4n) is 5.05. The minimum absolute atomic E-state index is 0.136. The summed E-state index contributed by atoms with van der Waals surface area (Å²) in [6.07, 6.45) is 5.36. The Hall–Kier alpha value is -5.71. The van der Waals surface area contributed by atoms with Gasteiger partial charge in [0.2, 0.25) is 6.79 Å². The van der Waals surface area contributed by atoms with Crippen LogP contribution in [0.1, 0.15) is 42.9 Å². The van der Waals surface area contributed by atoms with Crippen molar-refractivity contribution in [3.63, 3.8) is 0 Å². The molecule has 0 bridgehead atoms. The summed E-state index contributed by atoms with van der Waals surface area (Å²) in [5.41, 5.74) is -1.69. The van der Waals surface area contributed by atoms with Gasteiger partial charge in [0.15, 0.2) is 11.9 Å². The van der Waals surface area contributed by atoms with Gasteiger partial charge < -0.3 is 33.5 Å². The molecule has 19 heteroatoms. The van der Waals surface area contributed by atoms with E-state index < -0.39 is 90.0 Å². The van der Waals surface area contributed by atoms with Gasteiger partial charge in [-0.2, -0.15) is 10.4 Å². The number of aliphatic carboxylic acids is 1. The molecule has 2 heterocycles. The molecule has 1 N–H and O–H groups in total. The molecule has 4 rings (SSSR count). The van der Waals surface area contributed by atoms with Crippen LogP contribution in [0.15, 0.2) is 67.3 Å². The molecule has 292 valence electrons. The maximum absolute atomic E-state index is 15.6. The minimum atomic E-state index is -1.95. The number of carboxylic acid groups (broad SMARTS) is 1. The normalized spacial score (nSPS) is 17.2. The van der Waals surface area contributed by atoms with E-state index in [9.17, 15) is 28.0 Å². The number of halogens is 3. The van der Waals surface area contributed by atoms with Gasteiger partial charge in [-0.05, 0) is 37.3 Å². The lowest BCUT2D eigenvalue weighted by Gasteiger charge is -2.40. The van der Waals surface area contributed by atoms with E-state index in [1.807, 2.05) is 6.07 Å². The molecule has 2 unspecified atom stereocenters. The average Bonchev–Trinajstić information content (AvgIpc) is 3.66. The van der Waals surface area contributed by atoms with E-state index >= 15 is 4.39 Å². The number of carbonyl (C=O) groups excluding carboxylic acids is 3. The number of nitrogens with zero attached hydrogens (tertiary/aromatic N) is 4. The van der Waals surface area contributed by atoms with Crippen molar-refractivity contribution in [1.82, 2.24) is 14.8 Å². The Morgan fingerprint density at radius 2 is 1.78 bits per heavy atom. The maximum Gasteiger partial charge on any atom is 0.512 e. The molecule has 0 spiro atoms. The Kier molecular flexibility index (Phi) is 15.8. The standard InChI is InChI=1S/C36H35F3N4O11S/c1-23(55-27-17-50-34(51-18-27)5-3-2-4-25-7-6-24(16-40)14-29(25)38)36(19-43-21-41-20-42-43,28-9-8-26(37)15-30(28)39)54-35(48)53-22-52-33(47)11-10-32(46)49-13-12-31(44)45/h2-9,14-15,20-21,23,27,34H,10-13,17-19,22H2,1H3,(H,44,45). The van der Waals surface area contributed by atoms with Crippen LogP contribution in [0.2, 0.25) is 0 Å². The molecule has 2 aromatic carbocycles. The number of allylic oxidation sites excluding steroid dienone is 2. The maximum atomic E-state index is 15.6. The average molecular weight is 789 g/mol. The molecule has 0 aliphatic carbocycles. The van der Waals surface area contributed by atoms with E-state index in [2.05, 4.69) is 14.8 Å². The lowest BCUT2D eigenvalue weighted by atomic mass is 9.89. The van der Waals surface area contributed by atoms with Crippen molar-refractivity contribution in [3.05, 3.63) is 101 Å². The molecule has 1 saturated heterocycles. The highest BCUT2D eigenvalue weighted by atomic mass is 32.2. The monoisotopic (exact) mass is 788 g/mol. The number of aromatic nitrogens is 3. The van der Waals surface area contributed by atoms with E-state index in [1.54, 1.807) is 25.2 Å². The molecule has 0 amide bonds. The molecular formula is C36H35F3N4O11S. The lowest BCUT2D eigenvalue weighted by Crippen LogP contribution is -2.47. The van der Waals surface area contributed by atoms with Crippen molar-refractivity contribution in [2.45, 2.75) is 55.1 Å². The highest BCUT2D eigenvalue weighted by Crippen LogP contribution is 2.42. The topological polar surface area (TPSA) is 198 Å². The van der Waals surface area contributed by atoms with E-state index in [-0.39, 0.29) is 43.1 Å². The first-order chi connectivity index (χ1) is 26.4. The molecule has 0 radical (unpaired) electrons. The second kappa shape index (κ2) is 20.7. The summed E-state index contributed by atoms with van der Waals surface area (Å²) >= 11 is 1.21. The lowest BCUT2D eigenvalue weighted by molar-refractivity contribution is -0.159. The molecule has 1 aromatic heterocycles. The number of rotatable bonds is 18. The van der Waals surface area contributed by atoms with Gasteiger partial charge in [-0.25, -0.2) is 27.6 Å². The number of esters is 2. The van der Waals surface area contributed by atoms with Crippen molar-refractivity contribution in [1.29, 1.82) is 5.26 Å². The number of ether oxygens (including phenoxy) is 6. The quantitative estimate of drug-likeness (QED) is 0.0777. The van der Waals surface area contributed by atoms with Crippen LogP contribution in [-0.2, 0) is 55.0 Å². The molecular weight excluding hydrogens is 753 g/mol. The predicted molar refractivity (Wildman–Crippen MR) is 185 cm³/mol. The van der Waals surface area contributed by atoms with E-state index in [0.717, 1.165) is 18.2 Å². The number of benzene rings is 2. The van der Waals surface area contributed by atoms with Gasteiger partial charge in [0.1, 0.15) is 36.7 Å². The van der Waals surface area contributed by atoms with Crippen molar-refractivity contribution >= 4 is 41.9 Å². The van der Waals surface area contributed by atoms with Crippen LogP contribution in [-0.4, -0.2) is 87.3 Å². The first-order valence-corrected chi connectivity index (χ1v) is 17.4. The number of thioether (sulfide) groups is 1. The summed E-state index contributed by atoms with van der Waals surface area (Å²) in [5.74, 6) is -5.44. The van der Waals surface area contributed by atoms with Crippen molar-refractivity contribution in [3.8, 4) is 6.07 Å². The summed E-state index contributed by atoms with van der Waals surface area (Å²) < 4.78 is 77.1. The number of hydrogen-bond acceptors (Lipinski definition) is 14. The van der Waals surface area contributed by atoms with Gasteiger partial charge in [-0.1, -0.05) is 24.3 Å². The number of nitriles is 1. The Bertz CT molecular complexity index is 1900. The number of hydrogen-bond donors (Lipinski definition) is 1. The first-order valence-electron chi connectivity index (χ1n) is 16.5. The molecule has 2 atom stereocenters. The molecule has 1 fully saturated rings. The molecule has 15 nitrogen and oxygen atoms in total. The van der Waals surface area contributed by atoms with Gasteiger partial charge in [0.25, 0.3) is 0 Å². The van der Waals surface area contributed by atoms with Crippen LogP contribution < -0.4 is 0 Å². The Morgan fingerprint density at radius 3 is 2.44 bits per heavy atom. The van der Waals surface area contributed by atoms with E-state index in [4.69, 9.17) is 34.1 Å². The SMILES string of the molecule is CC(SC1COC(C=CC=Cc2ccc(C#N)cc2F)OC1)C(Cn1cncn1)(OC(=O)OCOC(=O)CCC(=O)OCCC(=O)O)c1ccc(F)cc1F. The van der Waals surface area contributed by atoms with Crippen molar-refractivity contribution in [2.24, 2.45) is 0 Å².